The lowest BCUT2D eigenvalue weighted by atomic mass is 10.2. The van der Waals surface area contributed by atoms with E-state index in [0.29, 0.717) is 32.9 Å². The first kappa shape index (κ1) is 11.9. The van der Waals surface area contributed by atoms with E-state index in [0.717, 1.165) is 0 Å². The molecule has 3 nitrogen and oxygen atoms in total. The summed E-state index contributed by atoms with van der Waals surface area (Å²) in [4.78, 5) is 0. The van der Waals surface area contributed by atoms with Gasteiger partial charge in [0.1, 0.15) is 11.5 Å². The highest BCUT2D eigenvalue weighted by molar-refractivity contribution is 6.42. The molecule has 0 unspecified atom stereocenters. The number of halogens is 2. The summed E-state index contributed by atoms with van der Waals surface area (Å²) in [5, 5.41) is 0.920. The van der Waals surface area contributed by atoms with Gasteiger partial charge in [0.15, 0.2) is 0 Å². The highest BCUT2D eigenvalue weighted by atomic mass is 35.5. The first-order chi connectivity index (χ1) is 8.06. The Hall–Kier alpha value is -1.58. The van der Waals surface area contributed by atoms with E-state index in [-0.39, 0.29) is 0 Å². The zero-order valence-electron chi connectivity index (χ0n) is 8.78. The SMILES string of the molecule is Nc1ccc(Oc2ccc(Cl)c(Cl)c2)cc1N. The number of rotatable bonds is 2. The summed E-state index contributed by atoms with van der Waals surface area (Å²) >= 11 is 11.7. The van der Waals surface area contributed by atoms with Crippen molar-refractivity contribution in [2.45, 2.75) is 0 Å². The van der Waals surface area contributed by atoms with Crippen molar-refractivity contribution in [3.05, 3.63) is 46.4 Å². The lowest BCUT2D eigenvalue weighted by Gasteiger charge is -2.08. The largest absolute Gasteiger partial charge is 0.457 e. The molecule has 0 aliphatic rings. The summed E-state index contributed by atoms with van der Waals surface area (Å²) in [6, 6.07) is 10.1. The average Bonchev–Trinajstić information content (AvgIpc) is 2.29. The molecule has 2 rings (SSSR count). The molecule has 0 aliphatic carbocycles. The van der Waals surface area contributed by atoms with Crippen molar-refractivity contribution >= 4 is 34.6 Å². The highest BCUT2D eigenvalue weighted by Crippen LogP contribution is 2.30. The predicted octanol–water partition coefficient (Wildman–Crippen LogP) is 3.95. The molecule has 0 heterocycles. The molecular weight excluding hydrogens is 259 g/mol. The molecule has 0 aromatic heterocycles. The van der Waals surface area contributed by atoms with Crippen molar-refractivity contribution < 1.29 is 4.74 Å². The van der Waals surface area contributed by atoms with Crippen LogP contribution >= 0.6 is 23.2 Å². The third-order valence-electron chi connectivity index (χ3n) is 2.19. The minimum atomic E-state index is 0.438. The monoisotopic (exact) mass is 268 g/mol. The van der Waals surface area contributed by atoms with Crippen LogP contribution in [0.15, 0.2) is 36.4 Å². The number of anilines is 2. The van der Waals surface area contributed by atoms with Crippen molar-refractivity contribution in [1.82, 2.24) is 0 Å². The molecule has 0 bridgehead atoms. The topological polar surface area (TPSA) is 61.3 Å². The minimum Gasteiger partial charge on any atom is -0.457 e. The van der Waals surface area contributed by atoms with E-state index in [9.17, 15) is 0 Å². The third-order valence-corrected chi connectivity index (χ3v) is 2.92. The molecule has 5 heteroatoms. The van der Waals surface area contributed by atoms with E-state index in [1.807, 2.05) is 0 Å². The van der Waals surface area contributed by atoms with Crippen LogP contribution in [0, 0.1) is 0 Å². The molecule has 0 aliphatic heterocycles. The molecule has 0 spiro atoms. The Kier molecular flexibility index (Phi) is 3.31. The second-order valence-corrected chi connectivity index (χ2v) is 4.28. The fourth-order valence-corrected chi connectivity index (χ4v) is 1.58. The van der Waals surface area contributed by atoms with Gasteiger partial charge in [-0.05, 0) is 24.3 Å². The van der Waals surface area contributed by atoms with Crippen LogP contribution in [0.1, 0.15) is 0 Å². The quantitative estimate of drug-likeness (QED) is 0.811. The summed E-state index contributed by atoms with van der Waals surface area (Å²) in [7, 11) is 0. The number of nitrogen functional groups attached to an aromatic ring is 2. The Balaban J connectivity index is 2.25. The van der Waals surface area contributed by atoms with E-state index < -0.39 is 0 Å². The van der Waals surface area contributed by atoms with Gasteiger partial charge in [-0.25, -0.2) is 0 Å². The molecule has 2 aromatic rings. The van der Waals surface area contributed by atoms with Crippen molar-refractivity contribution in [3.63, 3.8) is 0 Å². The third kappa shape index (κ3) is 2.75. The zero-order chi connectivity index (χ0) is 12.4. The molecule has 17 heavy (non-hydrogen) atoms. The van der Waals surface area contributed by atoms with Crippen LogP contribution in [0.4, 0.5) is 11.4 Å². The second-order valence-electron chi connectivity index (χ2n) is 3.47. The smallest absolute Gasteiger partial charge is 0.129 e. The van der Waals surface area contributed by atoms with Gasteiger partial charge in [0, 0.05) is 12.1 Å². The standard InChI is InChI=1S/C12H10Cl2N2O/c13-9-3-1-7(5-10(9)14)17-8-2-4-11(15)12(16)6-8/h1-6H,15-16H2. The molecule has 0 fully saturated rings. The summed E-state index contributed by atoms with van der Waals surface area (Å²) in [6.45, 7) is 0. The van der Waals surface area contributed by atoms with E-state index in [2.05, 4.69) is 0 Å². The van der Waals surface area contributed by atoms with Gasteiger partial charge < -0.3 is 16.2 Å². The lowest BCUT2D eigenvalue weighted by molar-refractivity contribution is 0.483. The number of hydrogen-bond donors (Lipinski definition) is 2. The first-order valence-corrected chi connectivity index (χ1v) is 5.60. The summed E-state index contributed by atoms with van der Waals surface area (Å²) < 4.78 is 5.57. The van der Waals surface area contributed by atoms with Gasteiger partial charge in [-0.1, -0.05) is 23.2 Å². The molecule has 0 radical (unpaired) electrons. The van der Waals surface area contributed by atoms with E-state index in [4.69, 9.17) is 39.4 Å². The Labute approximate surface area is 109 Å². The molecule has 2 aromatic carbocycles. The number of nitrogens with two attached hydrogens (primary N) is 2. The van der Waals surface area contributed by atoms with Crippen LogP contribution in [0.3, 0.4) is 0 Å². The van der Waals surface area contributed by atoms with E-state index >= 15 is 0 Å². The molecule has 0 atom stereocenters. The van der Waals surface area contributed by atoms with Crippen molar-refractivity contribution in [1.29, 1.82) is 0 Å². The normalized spacial score (nSPS) is 10.2. The lowest BCUT2D eigenvalue weighted by Crippen LogP contribution is -1.94. The maximum absolute atomic E-state index is 5.88. The van der Waals surface area contributed by atoms with Gasteiger partial charge in [0.05, 0.1) is 21.4 Å². The minimum absolute atomic E-state index is 0.438. The highest BCUT2D eigenvalue weighted by Gasteiger charge is 2.03. The van der Waals surface area contributed by atoms with Crippen LogP contribution in [0.25, 0.3) is 0 Å². The summed E-state index contributed by atoms with van der Waals surface area (Å²) in [5.41, 5.74) is 12.3. The van der Waals surface area contributed by atoms with Gasteiger partial charge in [0.2, 0.25) is 0 Å². The predicted molar refractivity (Wildman–Crippen MR) is 71.8 cm³/mol. The number of hydrogen-bond acceptors (Lipinski definition) is 3. The zero-order valence-corrected chi connectivity index (χ0v) is 10.3. The van der Waals surface area contributed by atoms with E-state index in [1.165, 1.54) is 0 Å². The Bertz CT molecular complexity index is 509. The van der Waals surface area contributed by atoms with Crippen molar-refractivity contribution in [2.24, 2.45) is 0 Å². The molecule has 0 saturated carbocycles. The Morgan fingerprint density at radius 3 is 2.06 bits per heavy atom. The number of ether oxygens (including phenoxy) is 1. The first-order valence-electron chi connectivity index (χ1n) is 4.84. The number of benzene rings is 2. The maximum atomic E-state index is 5.88. The molecule has 0 saturated heterocycles. The molecule has 0 amide bonds. The Morgan fingerprint density at radius 2 is 1.41 bits per heavy atom. The Morgan fingerprint density at radius 1 is 0.765 bits per heavy atom. The fraction of sp³-hybridized carbons (Fsp3) is 0. The van der Waals surface area contributed by atoms with Crippen LogP contribution in [0.5, 0.6) is 11.5 Å². The fourth-order valence-electron chi connectivity index (χ4n) is 1.29. The van der Waals surface area contributed by atoms with E-state index in [1.54, 1.807) is 36.4 Å². The molecule has 4 N–H and O–H groups in total. The van der Waals surface area contributed by atoms with Crippen LogP contribution in [0.2, 0.25) is 10.0 Å². The second kappa shape index (κ2) is 4.73. The van der Waals surface area contributed by atoms with Crippen molar-refractivity contribution in [3.8, 4) is 11.5 Å². The van der Waals surface area contributed by atoms with Crippen LogP contribution in [-0.2, 0) is 0 Å². The van der Waals surface area contributed by atoms with Crippen molar-refractivity contribution in [2.75, 3.05) is 11.5 Å². The van der Waals surface area contributed by atoms with Crippen LogP contribution in [-0.4, -0.2) is 0 Å². The summed E-state index contributed by atoms with van der Waals surface area (Å²) in [5.74, 6) is 1.18. The average molecular weight is 269 g/mol. The molecule has 88 valence electrons. The van der Waals surface area contributed by atoms with Gasteiger partial charge in [-0.3, -0.25) is 0 Å². The van der Waals surface area contributed by atoms with Gasteiger partial charge in [-0.15, -0.1) is 0 Å². The van der Waals surface area contributed by atoms with Gasteiger partial charge >= 0.3 is 0 Å². The van der Waals surface area contributed by atoms with Gasteiger partial charge in [-0.2, -0.15) is 0 Å². The maximum Gasteiger partial charge on any atom is 0.129 e. The summed E-state index contributed by atoms with van der Waals surface area (Å²) in [6.07, 6.45) is 0. The van der Waals surface area contributed by atoms with Crippen LogP contribution < -0.4 is 16.2 Å². The molecular formula is C12H10Cl2N2O. The van der Waals surface area contributed by atoms with Gasteiger partial charge in [0.25, 0.3) is 0 Å².